The second-order valence-corrected chi connectivity index (χ2v) is 6.52. The van der Waals surface area contributed by atoms with Crippen LogP contribution in [0.4, 0.5) is 5.69 Å². The van der Waals surface area contributed by atoms with Gasteiger partial charge in [0.2, 0.25) is 5.56 Å². The van der Waals surface area contributed by atoms with Crippen molar-refractivity contribution in [3.05, 3.63) is 59.0 Å². The van der Waals surface area contributed by atoms with Gasteiger partial charge in [-0.2, -0.15) is 0 Å². The van der Waals surface area contributed by atoms with E-state index in [1.807, 2.05) is 13.0 Å². The summed E-state index contributed by atoms with van der Waals surface area (Å²) < 4.78 is 26.9. The van der Waals surface area contributed by atoms with Crippen molar-refractivity contribution < 1.29 is 8.42 Å². The Kier molecular flexibility index (Phi) is 4.80. The van der Waals surface area contributed by atoms with Crippen LogP contribution in [0.15, 0.2) is 58.4 Å². The highest BCUT2D eigenvalue weighted by Crippen LogP contribution is 2.23. The number of unbranched alkanes of at least 4 members (excludes halogenated alkanes) is 1. The van der Waals surface area contributed by atoms with Gasteiger partial charge in [0.15, 0.2) is 0 Å². The van der Waals surface area contributed by atoms with Gasteiger partial charge in [0, 0.05) is 18.8 Å². The number of hydrogen-bond donors (Lipinski definition) is 1. The molecule has 0 spiro atoms. The molecule has 5 nitrogen and oxygen atoms in total. The topological polar surface area (TPSA) is 70.2 Å². The van der Waals surface area contributed by atoms with E-state index < -0.39 is 10.0 Å². The largest absolute Gasteiger partial charge is 0.328 e. The van der Waals surface area contributed by atoms with E-state index in [1.165, 1.54) is 22.6 Å². The van der Waals surface area contributed by atoms with Crippen LogP contribution in [-0.2, 0) is 10.0 Å². The average Bonchev–Trinajstić information content (AvgIpc) is 2.49. The highest BCUT2D eigenvalue weighted by atomic mass is 32.2. The minimum absolute atomic E-state index is 0.0852. The van der Waals surface area contributed by atoms with Gasteiger partial charge < -0.3 is 4.98 Å². The van der Waals surface area contributed by atoms with Gasteiger partial charge in [0.25, 0.3) is 10.0 Å². The highest BCUT2D eigenvalue weighted by Gasteiger charge is 2.24. The van der Waals surface area contributed by atoms with Crippen molar-refractivity contribution in [3.63, 3.8) is 0 Å². The van der Waals surface area contributed by atoms with Crippen LogP contribution < -0.4 is 9.86 Å². The number of nitrogens with one attached hydrogen (secondary N) is 1. The smallest absolute Gasteiger partial charge is 0.265 e. The third kappa shape index (κ3) is 3.52. The minimum atomic E-state index is -3.68. The minimum Gasteiger partial charge on any atom is -0.328 e. The van der Waals surface area contributed by atoms with Gasteiger partial charge >= 0.3 is 0 Å². The number of pyridine rings is 1. The van der Waals surface area contributed by atoms with Gasteiger partial charge in [-0.15, -0.1) is 0 Å². The molecule has 112 valence electrons. The molecule has 0 radical (unpaired) electrons. The summed E-state index contributed by atoms with van der Waals surface area (Å²) in [6.07, 6.45) is 2.89. The van der Waals surface area contributed by atoms with Gasteiger partial charge in [-0.1, -0.05) is 31.5 Å². The fraction of sp³-hybridized carbons (Fsp3) is 0.267. The zero-order chi connectivity index (χ0) is 15.3. The maximum absolute atomic E-state index is 12.8. The molecule has 0 saturated heterocycles. The molecule has 1 aromatic carbocycles. The van der Waals surface area contributed by atoms with E-state index in [0.717, 1.165) is 12.8 Å². The molecule has 0 bridgehead atoms. The first-order valence-electron chi connectivity index (χ1n) is 6.82. The van der Waals surface area contributed by atoms with Crippen LogP contribution in [-0.4, -0.2) is 19.9 Å². The van der Waals surface area contributed by atoms with Crippen LogP contribution >= 0.6 is 0 Å². The molecule has 1 N–H and O–H groups in total. The molecule has 2 aromatic rings. The summed E-state index contributed by atoms with van der Waals surface area (Å²) in [5.74, 6) is 0. The molecule has 0 aliphatic carbocycles. The summed E-state index contributed by atoms with van der Waals surface area (Å²) in [6.45, 7) is 2.41. The number of anilines is 1. The molecule has 0 saturated carbocycles. The number of benzene rings is 1. The summed E-state index contributed by atoms with van der Waals surface area (Å²) in [5.41, 5.74) is 0.297. The molecular formula is C15H18N2O3S. The van der Waals surface area contributed by atoms with E-state index in [9.17, 15) is 13.2 Å². The Morgan fingerprint density at radius 2 is 1.81 bits per heavy atom. The van der Waals surface area contributed by atoms with Gasteiger partial charge in [-0.05, 0) is 24.6 Å². The highest BCUT2D eigenvalue weighted by molar-refractivity contribution is 7.92. The molecule has 0 unspecified atom stereocenters. The maximum atomic E-state index is 12.8. The van der Waals surface area contributed by atoms with Crippen LogP contribution in [0.1, 0.15) is 19.8 Å². The molecule has 21 heavy (non-hydrogen) atoms. The number of hydrogen-bond acceptors (Lipinski definition) is 3. The number of H-pyrrole nitrogens is 1. The van der Waals surface area contributed by atoms with E-state index >= 15 is 0 Å². The molecule has 0 amide bonds. The third-order valence-corrected chi connectivity index (χ3v) is 4.93. The Bertz CT molecular complexity index is 719. The lowest BCUT2D eigenvalue weighted by atomic mass is 10.3. The lowest BCUT2D eigenvalue weighted by molar-refractivity contribution is 0.588. The molecule has 1 aromatic heterocycles. The van der Waals surface area contributed by atoms with Crippen molar-refractivity contribution in [1.82, 2.24) is 4.98 Å². The van der Waals surface area contributed by atoms with Crippen LogP contribution in [0.25, 0.3) is 0 Å². The van der Waals surface area contributed by atoms with E-state index in [0.29, 0.717) is 12.2 Å². The van der Waals surface area contributed by atoms with Gasteiger partial charge in [-0.25, -0.2) is 8.42 Å². The van der Waals surface area contributed by atoms with Crippen molar-refractivity contribution in [2.75, 3.05) is 10.8 Å². The van der Waals surface area contributed by atoms with Crippen molar-refractivity contribution >= 4 is 15.7 Å². The molecular weight excluding hydrogens is 288 g/mol. The SMILES string of the molecule is CCCCN(c1ccccc1)S(=O)(=O)c1ccc(=O)[nH]c1. The quantitative estimate of drug-likeness (QED) is 0.890. The number of para-hydroxylation sites is 1. The maximum Gasteiger partial charge on any atom is 0.265 e. The molecule has 0 aliphatic rings. The third-order valence-electron chi connectivity index (χ3n) is 3.10. The summed E-state index contributed by atoms with van der Waals surface area (Å²) in [6, 6.07) is 11.5. The Hall–Kier alpha value is -2.08. The van der Waals surface area contributed by atoms with Crippen LogP contribution in [0.3, 0.4) is 0 Å². The Morgan fingerprint density at radius 3 is 2.38 bits per heavy atom. The monoisotopic (exact) mass is 306 g/mol. The predicted octanol–water partition coefficient (Wildman–Crippen LogP) is 2.37. The summed E-state index contributed by atoms with van der Waals surface area (Å²) in [5, 5.41) is 0. The second kappa shape index (κ2) is 6.58. The summed E-state index contributed by atoms with van der Waals surface area (Å²) >= 11 is 0. The fourth-order valence-corrected chi connectivity index (χ4v) is 3.44. The zero-order valence-corrected chi connectivity index (χ0v) is 12.6. The van der Waals surface area contributed by atoms with E-state index in [2.05, 4.69) is 4.98 Å². The number of nitrogens with zero attached hydrogens (tertiary/aromatic N) is 1. The fourth-order valence-electron chi connectivity index (χ4n) is 1.97. The molecule has 0 atom stereocenters. The van der Waals surface area contributed by atoms with E-state index in [4.69, 9.17) is 0 Å². The standard InChI is InChI=1S/C15H18N2O3S/c1-2-3-11-17(13-7-5-4-6-8-13)21(19,20)14-9-10-15(18)16-12-14/h4-10,12H,2-3,11H2,1H3,(H,16,18). The van der Waals surface area contributed by atoms with E-state index in [-0.39, 0.29) is 10.5 Å². The Labute approximate surface area is 124 Å². The number of aromatic nitrogens is 1. The number of rotatable bonds is 6. The molecule has 2 rings (SSSR count). The summed E-state index contributed by atoms with van der Waals surface area (Å²) in [4.78, 5) is 13.6. The Morgan fingerprint density at radius 1 is 1.10 bits per heavy atom. The molecule has 0 fully saturated rings. The zero-order valence-electron chi connectivity index (χ0n) is 11.8. The molecule has 6 heteroatoms. The Balaban J connectivity index is 2.44. The normalized spacial score (nSPS) is 11.3. The predicted molar refractivity (Wildman–Crippen MR) is 82.9 cm³/mol. The lowest BCUT2D eigenvalue weighted by Crippen LogP contribution is -2.32. The van der Waals surface area contributed by atoms with Crippen molar-refractivity contribution in [1.29, 1.82) is 0 Å². The number of sulfonamides is 1. The van der Waals surface area contributed by atoms with Crippen LogP contribution in [0, 0.1) is 0 Å². The summed E-state index contributed by atoms with van der Waals surface area (Å²) in [7, 11) is -3.68. The first-order chi connectivity index (χ1) is 10.1. The molecule has 0 aliphatic heterocycles. The van der Waals surface area contributed by atoms with Crippen LogP contribution in [0.5, 0.6) is 0 Å². The average molecular weight is 306 g/mol. The van der Waals surface area contributed by atoms with Gasteiger partial charge in [0.1, 0.15) is 4.90 Å². The van der Waals surface area contributed by atoms with Gasteiger partial charge in [-0.3, -0.25) is 9.10 Å². The lowest BCUT2D eigenvalue weighted by Gasteiger charge is -2.24. The van der Waals surface area contributed by atoms with Crippen LogP contribution in [0.2, 0.25) is 0 Å². The number of aromatic amines is 1. The van der Waals surface area contributed by atoms with Crippen molar-refractivity contribution in [2.45, 2.75) is 24.7 Å². The second-order valence-electron chi connectivity index (χ2n) is 4.65. The first kappa shape index (κ1) is 15.3. The first-order valence-corrected chi connectivity index (χ1v) is 8.26. The van der Waals surface area contributed by atoms with Gasteiger partial charge in [0.05, 0.1) is 5.69 Å². The van der Waals surface area contributed by atoms with E-state index in [1.54, 1.807) is 24.3 Å². The van der Waals surface area contributed by atoms with Crippen molar-refractivity contribution in [3.8, 4) is 0 Å². The molecule has 1 heterocycles. The van der Waals surface area contributed by atoms with Crippen molar-refractivity contribution in [2.24, 2.45) is 0 Å².